The molecule has 0 radical (unpaired) electrons. The molecule has 0 spiro atoms. The number of rotatable bonds is 3. The molecule has 1 fully saturated rings. The minimum absolute atomic E-state index is 0.0860. The highest BCUT2D eigenvalue weighted by molar-refractivity contribution is 5.90. The summed E-state index contributed by atoms with van der Waals surface area (Å²) in [4.78, 5) is 15.6. The van der Waals surface area contributed by atoms with Crippen LogP contribution in [0, 0.1) is 0 Å². The van der Waals surface area contributed by atoms with Crippen molar-refractivity contribution in [2.24, 2.45) is 0 Å². The van der Waals surface area contributed by atoms with Crippen LogP contribution in [0.2, 0.25) is 0 Å². The zero-order chi connectivity index (χ0) is 16.6. The topological polar surface area (TPSA) is 64.0 Å². The molecule has 0 saturated carbocycles. The van der Waals surface area contributed by atoms with Gasteiger partial charge < -0.3 is 20.0 Å². The molecule has 2 N–H and O–H groups in total. The highest BCUT2D eigenvalue weighted by Crippen LogP contribution is 2.32. The van der Waals surface area contributed by atoms with Gasteiger partial charge in [0, 0.05) is 38.3 Å². The van der Waals surface area contributed by atoms with Crippen LogP contribution in [-0.4, -0.2) is 47.2 Å². The van der Waals surface area contributed by atoms with Gasteiger partial charge in [0.1, 0.15) is 5.75 Å². The summed E-state index contributed by atoms with van der Waals surface area (Å²) in [5, 5.41) is 21.3. The Labute approximate surface area is 135 Å². The van der Waals surface area contributed by atoms with Crippen LogP contribution >= 0.6 is 0 Å². The van der Waals surface area contributed by atoms with Crippen molar-refractivity contribution in [3.05, 3.63) is 35.9 Å². The molecule has 5 heteroatoms. The molecule has 1 aliphatic rings. The number of carbonyl (C=O) groups is 1. The smallest absolute Gasteiger partial charge is 0.219 e. The van der Waals surface area contributed by atoms with Gasteiger partial charge in [0.15, 0.2) is 0 Å². The van der Waals surface area contributed by atoms with Crippen molar-refractivity contribution < 1.29 is 15.0 Å². The third kappa shape index (κ3) is 2.84. The van der Waals surface area contributed by atoms with Crippen LogP contribution < -0.4 is 4.90 Å². The van der Waals surface area contributed by atoms with Crippen LogP contribution in [0.1, 0.15) is 18.9 Å². The number of aromatic hydroxyl groups is 1. The number of hydrogen-bond donors (Lipinski definition) is 2. The van der Waals surface area contributed by atoms with E-state index in [2.05, 4.69) is 11.0 Å². The van der Waals surface area contributed by atoms with E-state index < -0.39 is 0 Å². The van der Waals surface area contributed by atoms with E-state index in [-0.39, 0.29) is 24.3 Å². The van der Waals surface area contributed by atoms with E-state index in [4.69, 9.17) is 0 Å². The Kier molecular flexibility index (Phi) is 4.13. The summed E-state index contributed by atoms with van der Waals surface area (Å²) in [7, 11) is 1.85. The second-order valence-electron chi connectivity index (χ2n) is 6.15. The van der Waals surface area contributed by atoms with Crippen LogP contribution in [0.4, 0.5) is 5.69 Å². The van der Waals surface area contributed by atoms with Crippen LogP contribution in [0.25, 0.3) is 10.8 Å². The molecule has 122 valence electrons. The van der Waals surface area contributed by atoms with Crippen molar-refractivity contribution in [1.29, 1.82) is 0 Å². The number of aliphatic hydroxyl groups is 1. The first kappa shape index (κ1) is 15.6. The minimum Gasteiger partial charge on any atom is -0.508 e. The summed E-state index contributed by atoms with van der Waals surface area (Å²) >= 11 is 0. The van der Waals surface area contributed by atoms with Crippen molar-refractivity contribution in [2.45, 2.75) is 26.0 Å². The number of nitrogens with zero attached hydrogens (tertiary/aromatic N) is 2. The lowest BCUT2D eigenvalue weighted by atomic mass is 10.0. The number of phenols is 1. The van der Waals surface area contributed by atoms with Crippen LogP contribution in [0.15, 0.2) is 30.3 Å². The molecule has 1 heterocycles. The lowest BCUT2D eigenvalue weighted by Crippen LogP contribution is -2.37. The first-order valence-corrected chi connectivity index (χ1v) is 7.85. The Balaban J connectivity index is 1.91. The molecule has 3 rings (SSSR count). The second kappa shape index (κ2) is 6.08. The van der Waals surface area contributed by atoms with Gasteiger partial charge in [-0.3, -0.25) is 4.79 Å². The number of amides is 1. The third-order valence-corrected chi connectivity index (χ3v) is 4.82. The predicted molar refractivity (Wildman–Crippen MR) is 90.6 cm³/mol. The van der Waals surface area contributed by atoms with Crippen molar-refractivity contribution in [3.8, 4) is 5.75 Å². The van der Waals surface area contributed by atoms with E-state index in [1.807, 2.05) is 25.2 Å². The zero-order valence-electron chi connectivity index (χ0n) is 13.5. The first-order valence-electron chi connectivity index (χ1n) is 7.85. The summed E-state index contributed by atoms with van der Waals surface area (Å²) in [6, 6.07) is 9.76. The molecule has 23 heavy (non-hydrogen) atoms. The molecule has 2 aromatic carbocycles. The van der Waals surface area contributed by atoms with E-state index in [1.54, 1.807) is 17.9 Å². The van der Waals surface area contributed by atoms with Gasteiger partial charge in [0.05, 0.1) is 12.6 Å². The zero-order valence-corrected chi connectivity index (χ0v) is 13.5. The van der Waals surface area contributed by atoms with Gasteiger partial charge in [0.2, 0.25) is 5.91 Å². The monoisotopic (exact) mass is 314 g/mol. The maximum absolute atomic E-state index is 11.5. The lowest BCUT2D eigenvalue weighted by molar-refractivity contribution is -0.129. The molecule has 1 saturated heterocycles. The highest BCUT2D eigenvalue weighted by Gasteiger charge is 2.27. The molecular formula is C18H22N2O3. The molecule has 0 bridgehead atoms. The number of fused-ring (bicyclic) bond motifs is 1. The molecule has 1 amide bonds. The van der Waals surface area contributed by atoms with Gasteiger partial charge in [-0.25, -0.2) is 0 Å². The van der Waals surface area contributed by atoms with E-state index in [0.717, 1.165) is 36.0 Å². The number of carbonyl (C=O) groups excluding carboxylic acids is 1. The molecule has 5 nitrogen and oxygen atoms in total. The average Bonchev–Trinajstić information content (AvgIpc) is 3.03. The Morgan fingerprint density at radius 3 is 2.78 bits per heavy atom. The predicted octanol–water partition coefficient (Wildman–Crippen LogP) is 2.09. The Morgan fingerprint density at radius 2 is 2.09 bits per heavy atom. The molecule has 1 aliphatic heterocycles. The number of anilines is 1. The summed E-state index contributed by atoms with van der Waals surface area (Å²) in [6.07, 6.45) is 0.945. The number of aliphatic hydroxyl groups excluding tert-OH is 1. The van der Waals surface area contributed by atoms with Crippen LogP contribution in [-0.2, 0) is 11.4 Å². The fraction of sp³-hybridized carbons (Fsp3) is 0.389. The largest absolute Gasteiger partial charge is 0.508 e. The minimum atomic E-state index is -0.192. The van der Waals surface area contributed by atoms with Crippen molar-refractivity contribution in [2.75, 3.05) is 25.0 Å². The van der Waals surface area contributed by atoms with Crippen molar-refractivity contribution >= 4 is 22.4 Å². The molecule has 2 aromatic rings. The van der Waals surface area contributed by atoms with E-state index >= 15 is 0 Å². The SMILES string of the molecule is CC(=O)N(C)C1CCN(c2ccc3ccc(O)c(CO)c3c2)C1. The van der Waals surface area contributed by atoms with Crippen molar-refractivity contribution in [1.82, 2.24) is 4.90 Å². The molecule has 1 atom stereocenters. The normalized spacial score (nSPS) is 17.7. The Bertz CT molecular complexity index is 744. The van der Waals surface area contributed by atoms with Gasteiger partial charge >= 0.3 is 0 Å². The third-order valence-electron chi connectivity index (χ3n) is 4.82. The average molecular weight is 314 g/mol. The van der Waals surface area contributed by atoms with Crippen LogP contribution in [0.5, 0.6) is 5.75 Å². The maximum atomic E-state index is 11.5. The summed E-state index contributed by atoms with van der Waals surface area (Å²) in [5.74, 6) is 0.204. The molecule has 0 aromatic heterocycles. The Hall–Kier alpha value is -2.27. The summed E-state index contributed by atoms with van der Waals surface area (Å²) in [5.41, 5.74) is 1.61. The van der Waals surface area contributed by atoms with Crippen LogP contribution in [0.3, 0.4) is 0 Å². The van der Waals surface area contributed by atoms with Gasteiger partial charge in [0.25, 0.3) is 0 Å². The lowest BCUT2D eigenvalue weighted by Gasteiger charge is -2.24. The highest BCUT2D eigenvalue weighted by atomic mass is 16.3. The maximum Gasteiger partial charge on any atom is 0.219 e. The fourth-order valence-corrected chi connectivity index (χ4v) is 3.27. The first-order chi connectivity index (χ1) is 11.0. The van der Waals surface area contributed by atoms with E-state index in [9.17, 15) is 15.0 Å². The van der Waals surface area contributed by atoms with Gasteiger partial charge in [-0.1, -0.05) is 12.1 Å². The standard InChI is InChI=1S/C18H22N2O3/c1-12(22)19(2)15-7-8-20(10-15)14-5-3-13-4-6-18(23)17(11-21)16(13)9-14/h3-6,9,15,21,23H,7-8,10-11H2,1-2H3. The van der Waals surface area contributed by atoms with Gasteiger partial charge in [-0.2, -0.15) is 0 Å². The summed E-state index contributed by atoms with van der Waals surface area (Å²) < 4.78 is 0. The molecular weight excluding hydrogens is 292 g/mol. The fourth-order valence-electron chi connectivity index (χ4n) is 3.27. The van der Waals surface area contributed by atoms with Gasteiger partial charge in [-0.05, 0) is 35.4 Å². The molecule has 1 unspecified atom stereocenters. The van der Waals surface area contributed by atoms with Gasteiger partial charge in [-0.15, -0.1) is 0 Å². The quantitative estimate of drug-likeness (QED) is 0.910. The molecule has 0 aliphatic carbocycles. The van der Waals surface area contributed by atoms with E-state index in [1.165, 1.54) is 0 Å². The second-order valence-corrected chi connectivity index (χ2v) is 6.15. The number of benzene rings is 2. The summed E-state index contributed by atoms with van der Waals surface area (Å²) in [6.45, 7) is 3.09. The Morgan fingerprint density at radius 1 is 1.35 bits per heavy atom. The van der Waals surface area contributed by atoms with Crippen molar-refractivity contribution in [3.63, 3.8) is 0 Å². The number of hydrogen-bond acceptors (Lipinski definition) is 4. The van der Waals surface area contributed by atoms with E-state index in [0.29, 0.717) is 5.56 Å². The number of likely N-dealkylation sites (N-methyl/N-ethyl adjacent to an activating group) is 1.